The Balaban J connectivity index is 1.10. The number of piperazine rings is 1. The molecule has 0 saturated carbocycles. The van der Waals surface area contributed by atoms with Gasteiger partial charge in [0.25, 0.3) is 0 Å². The van der Waals surface area contributed by atoms with E-state index in [1.807, 2.05) is 24.3 Å². The second-order valence-electron chi connectivity index (χ2n) is 13.0. The summed E-state index contributed by atoms with van der Waals surface area (Å²) in [6.07, 6.45) is 13.6. The smallest absolute Gasteiger partial charge is 0.310 e. The molecule has 5 rings (SSSR count). The molecule has 1 saturated heterocycles. The summed E-state index contributed by atoms with van der Waals surface area (Å²) in [5.74, 6) is 0.712. The molecule has 0 unspecified atom stereocenters. The lowest BCUT2D eigenvalue weighted by Gasteiger charge is -2.45. The van der Waals surface area contributed by atoms with Crippen molar-refractivity contribution >= 4 is 44.0 Å². The van der Waals surface area contributed by atoms with Gasteiger partial charge in [0.2, 0.25) is 12.3 Å². The number of nitrogens with one attached hydrogen (secondary N) is 1. The maximum atomic E-state index is 12.8. The van der Waals surface area contributed by atoms with Crippen LogP contribution in [0.25, 0.3) is 21.0 Å². The highest BCUT2D eigenvalue weighted by atomic mass is 32.1. The number of anilines is 1. The third-order valence-corrected chi connectivity index (χ3v) is 10.4. The van der Waals surface area contributed by atoms with Crippen LogP contribution in [0.15, 0.2) is 64.8 Å². The lowest BCUT2D eigenvalue weighted by atomic mass is 10.1. The molecule has 0 spiro atoms. The molecule has 4 aromatic rings. The van der Waals surface area contributed by atoms with E-state index in [0.717, 1.165) is 79.5 Å². The average Bonchev–Trinajstić information content (AvgIpc) is 3.56. The van der Waals surface area contributed by atoms with E-state index in [-0.39, 0.29) is 11.5 Å². The van der Waals surface area contributed by atoms with Gasteiger partial charge in [-0.3, -0.25) is 14.1 Å². The average molecular weight is 647 g/mol. The van der Waals surface area contributed by atoms with E-state index in [1.54, 1.807) is 17.4 Å². The molecule has 1 aliphatic heterocycles. The van der Waals surface area contributed by atoms with Crippen molar-refractivity contribution in [3.05, 3.63) is 70.3 Å². The van der Waals surface area contributed by atoms with Crippen LogP contribution in [0.1, 0.15) is 84.0 Å². The summed E-state index contributed by atoms with van der Waals surface area (Å²) in [6.45, 7) is 8.04. The van der Waals surface area contributed by atoms with Crippen molar-refractivity contribution < 1.29 is 18.8 Å². The lowest BCUT2D eigenvalue weighted by Crippen LogP contribution is -2.61. The third kappa shape index (κ3) is 9.82. The number of quaternary nitrogens is 1. The van der Waals surface area contributed by atoms with Crippen molar-refractivity contribution in [1.82, 2.24) is 4.98 Å². The Morgan fingerprint density at radius 2 is 1.65 bits per heavy atom. The van der Waals surface area contributed by atoms with E-state index >= 15 is 0 Å². The van der Waals surface area contributed by atoms with Crippen LogP contribution >= 0.6 is 11.3 Å². The van der Waals surface area contributed by atoms with Gasteiger partial charge < -0.3 is 19.4 Å². The number of nitrogens with zero attached hydrogens (tertiary/aromatic N) is 2. The minimum absolute atomic E-state index is 0.0522. The molecule has 7 nitrogen and oxygen atoms in total. The van der Waals surface area contributed by atoms with Gasteiger partial charge in [0.1, 0.15) is 5.75 Å². The summed E-state index contributed by atoms with van der Waals surface area (Å²) < 4.78 is 14.2. The Hall–Kier alpha value is -3.36. The first-order valence-electron chi connectivity index (χ1n) is 17.5. The molecule has 0 bridgehead atoms. The fraction of sp³-hybridized carbons (Fsp3) is 0.526. The highest BCUT2D eigenvalue weighted by Gasteiger charge is 2.34. The van der Waals surface area contributed by atoms with E-state index in [0.29, 0.717) is 19.8 Å². The highest BCUT2D eigenvalue weighted by molar-refractivity contribution is 7.17. The fourth-order valence-electron chi connectivity index (χ4n) is 6.62. The largest absolute Gasteiger partial charge is 0.494 e. The first-order chi connectivity index (χ1) is 22.5. The van der Waals surface area contributed by atoms with Gasteiger partial charge in [0, 0.05) is 34.3 Å². The number of carbonyl (C=O) groups is 1. The van der Waals surface area contributed by atoms with Crippen LogP contribution in [0.4, 0.5) is 5.69 Å². The number of H-pyrrole nitrogens is 1. The molecule has 46 heavy (non-hydrogen) atoms. The predicted molar refractivity (Wildman–Crippen MR) is 191 cm³/mol. The molecule has 8 heteroatoms. The normalized spacial score (nSPS) is 14.6. The first-order valence-corrected chi connectivity index (χ1v) is 18.4. The van der Waals surface area contributed by atoms with Crippen LogP contribution in [-0.4, -0.2) is 61.5 Å². The summed E-state index contributed by atoms with van der Waals surface area (Å²) in [7, 11) is 0. The second-order valence-corrected chi connectivity index (χ2v) is 13.9. The molecule has 3 heterocycles. The Kier molecular flexibility index (Phi) is 13.0. The zero-order chi connectivity index (χ0) is 32.0. The first kappa shape index (κ1) is 34.0. The molecule has 2 aromatic heterocycles. The zero-order valence-corrected chi connectivity index (χ0v) is 28.5. The number of unbranched alkanes of at least 4 members (excludes halogenated alkanes) is 9. The predicted octanol–water partition coefficient (Wildman–Crippen LogP) is 8.66. The van der Waals surface area contributed by atoms with Crippen LogP contribution in [-0.2, 0) is 9.53 Å². The molecule has 1 fully saturated rings. The fourth-order valence-corrected chi connectivity index (χ4v) is 7.43. The van der Waals surface area contributed by atoms with Gasteiger partial charge in [-0.1, -0.05) is 64.4 Å². The molecule has 0 amide bonds. The number of hydrogen-bond acceptors (Lipinski definition) is 6. The number of esters is 1. The number of benzene rings is 2. The lowest BCUT2D eigenvalue weighted by molar-refractivity contribution is -0.944. The van der Waals surface area contributed by atoms with Gasteiger partial charge in [-0.25, -0.2) is 0 Å². The number of ether oxygens (including phenoxy) is 2. The molecule has 0 aliphatic carbocycles. The van der Waals surface area contributed by atoms with E-state index in [9.17, 15) is 9.59 Å². The summed E-state index contributed by atoms with van der Waals surface area (Å²) in [6, 6.07) is 18.0. The molecule has 2 aromatic carbocycles. The SMILES string of the molecule is CCCCCCCCCCCC(=O)OC[N+]1(CCCCOc2ccc3ccc(=O)[nH]c3c2)CCN(c2cccc3sccc23)CC1. The highest BCUT2D eigenvalue weighted by Crippen LogP contribution is 2.32. The van der Waals surface area contributed by atoms with E-state index < -0.39 is 0 Å². The molecule has 0 atom stereocenters. The number of rotatable bonds is 19. The number of aromatic amines is 1. The van der Waals surface area contributed by atoms with Gasteiger partial charge in [0.15, 0.2) is 0 Å². The van der Waals surface area contributed by atoms with Gasteiger partial charge in [-0.05, 0) is 66.4 Å². The topological polar surface area (TPSA) is 71.6 Å². The Bertz CT molecular complexity index is 1570. The van der Waals surface area contributed by atoms with Gasteiger partial charge in [-0.15, -0.1) is 11.3 Å². The van der Waals surface area contributed by atoms with E-state index in [2.05, 4.69) is 46.5 Å². The standard InChI is InChI=1S/C38H51N3O4S/c1-2-3-4-5-6-7-8-9-10-16-38(43)45-30-41(25-22-40(23-26-41)35-14-13-15-36-33(35)21-28-46-36)24-11-12-27-44-32-19-17-31-18-20-37(42)39-34(31)29-32/h13-15,17-21,28-29H,2-12,16,22-27,30H2,1H3/p+1. The van der Waals surface area contributed by atoms with Crippen LogP contribution in [0.5, 0.6) is 5.75 Å². The molecule has 1 aliphatic rings. The van der Waals surface area contributed by atoms with Gasteiger partial charge >= 0.3 is 5.97 Å². The van der Waals surface area contributed by atoms with Crippen molar-refractivity contribution in [2.75, 3.05) is 51.0 Å². The van der Waals surface area contributed by atoms with Crippen molar-refractivity contribution in [1.29, 1.82) is 0 Å². The minimum Gasteiger partial charge on any atom is -0.494 e. The number of pyridine rings is 1. The summed E-state index contributed by atoms with van der Waals surface area (Å²) in [4.78, 5) is 29.9. The third-order valence-electron chi connectivity index (χ3n) is 9.48. The maximum absolute atomic E-state index is 12.8. The molecule has 248 valence electrons. The Morgan fingerprint density at radius 3 is 2.46 bits per heavy atom. The summed E-state index contributed by atoms with van der Waals surface area (Å²) in [5.41, 5.74) is 1.98. The molecular weight excluding hydrogens is 595 g/mol. The molecule has 1 N–H and O–H groups in total. The number of fused-ring (bicyclic) bond motifs is 2. The van der Waals surface area contributed by atoms with E-state index in [4.69, 9.17) is 9.47 Å². The van der Waals surface area contributed by atoms with Crippen LogP contribution in [0.2, 0.25) is 0 Å². The summed E-state index contributed by atoms with van der Waals surface area (Å²) >= 11 is 1.79. The minimum atomic E-state index is -0.111. The van der Waals surface area contributed by atoms with Crippen molar-refractivity contribution in [3.8, 4) is 5.75 Å². The number of hydrogen-bond donors (Lipinski definition) is 1. The number of thiophene rings is 1. The zero-order valence-electron chi connectivity index (χ0n) is 27.6. The monoisotopic (exact) mass is 646 g/mol. The number of carbonyl (C=O) groups excluding carboxylic acids is 1. The Labute approximate surface area is 278 Å². The summed E-state index contributed by atoms with van der Waals surface area (Å²) in [5, 5.41) is 4.49. The second kappa shape index (κ2) is 17.5. The van der Waals surface area contributed by atoms with Crippen LogP contribution in [0.3, 0.4) is 0 Å². The Morgan fingerprint density at radius 1 is 0.891 bits per heavy atom. The molecular formula is C38H52N3O4S+. The molecule has 0 radical (unpaired) electrons. The van der Waals surface area contributed by atoms with Crippen molar-refractivity contribution in [3.63, 3.8) is 0 Å². The van der Waals surface area contributed by atoms with E-state index in [1.165, 1.54) is 60.7 Å². The van der Waals surface area contributed by atoms with Crippen LogP contribution in [0, 0.1) is 0 Å². The number of aromatic nitrogens is 1. The maximum Gasteiger partial charge on any atom is 0.310 e. The van der Waals surface area contributed by atoms with Gasteiger partial charge in [-0.2, -0.15) is 0 Å². The van der Waals surface area contributed by atoms with Crippen LogP contribution < -0.4 is 15.2 Å². The van der Waals surface area contributed by atoms with Gasteiger partial charge in [0.05, 0.1) is 44.8 Å². The quantitative estimate of drug-likeness (QED) is 0.0627. The van der Waals surface area contributed by atoms with Crippen molar-refractivity contribution in [2.45, 2.75) is 84.0 Å². The van der Waals surface area contributed by atoms with Crippen molar-refractivity contribution in [2.24, 2.45) is 0 Å².